The van der Waals surface area contributed by atoms with Gasteiger partial charge in [-0.25, -0.2) is 4.98 Å². The highest BCUT2D eigenvalue weighted by molar-refractivity contribution is 7.09. The number of carboxylic acid groups (broad SMARTS) is 1. The highest BCUT2D eigenvalue weighted by Crippen LogP contribution is 2.22. The zero-order valence-corrected chi connectivity index (χ0v) is 9.02. The van der Waals surface area contributed by atoms with Gasteiger partial charge in [-0.2, -0.15) is 0 Å². The summed E-state index contributed by atoms with van der Waals surface area (Å²) >= 11 is 1.21. The van der Waals surface area contributed by atoms with Crippen LogP contribution < -0.4 is 0 Å². The quantitative estimate of drug-likeness (QED) is 0.891. The SMILES string of the molecule is [2H]c1c([2H])c([2H])c(-c2csc(CCC(=O)O)n2)c([2H])c1[2H]. The zero-order chi connectivity index (χ0) is 15.7. The van der Waals surface area contributed by atoms with E-state index in [9.17, 15) is 4.79 Å². The van der Waals surface area contributed by atoms with E-state index in [0.29, 0.717) is 5.01 Å². The predicted octanol–water partition coefficient (Wildman–Crippen LogP) is 2.83. The molecule has 0 aliphatic carbocycles. The van der Waals surface area contributed by atoms with E-state index < -0.39 is 24.1 Å². The van der Waals surface area contributed by atoms with E-state index >= 15 is 0 Å². The first-order valence-electron chi connectivity index (χ1n) is 7.06. The molecule has 0 fully saturated rings. The van der Waals surface area contributed by atoms with Crippen molar-refractivity contribution in [3.05, 3.63) is 40.6 Å². The Morgan fingerprint density at radius 2 is 2.19 bits per heavy atom. The van der Waals surface area contributed by atoms with Crippen LogP contribution in [0.4, 0.5) is 0 Å². The standard InChI is InChI=1S/C12H11NO2S/c14-12(15)7-6-11-13-10(8-16-11)9-4-2-1-3-5-9/h1-5,8H,6-7H2,(H,14,15)/i1D,2D,3D,4D,5D. The van der Waals surface area contributed by atoms with E-state index in [1.54, 1.807) is 5.38 Å². The van der Waals surface area contributed by atoms with Gasteiger partial charge in [0, 0.05) is 17.4 Å². The highest BCUT2D eigenvalue weighted by Gasteiger charge is 2.05. The molecule has 3 nitrogen and oxygen atoms in total. The Labute approximate surface area is 104 Å². The van der Waals surface area contributed by atoms with Gasteiger partial charge in [0.15, 0.2) is 0 Å². The number of hydrogen-bond donors (Lipinski definition) is 1. The minimum Gasteiger partial charge on any atom is -0.481 e. The Morgan fingerprint density at radius 1 is 1.44 bits per heavy atom. The van der Waals surface area contributed by atoms with Crippen LogP contribution in [-0.4, -0.2) is 16.1 Å². The average Bonchev–Trinajstić information content (AvgIpc) is 2.89. The van der Waals surface area contributed by atoms with Gasteiger partial charge in [-0.05, 0) is 0 Å². The lowest BCUT2D eigenvalue weighted by Gasteiger charge is -1.94. The number of carboxylic acids is 1. The molecular weight excluding hydrogens is 222 g/mol. The molecule has 0 aliphatic heterocycles. The fourth-order valence-electron chi connectivity index (χ4n) is 1.13. The highest BCUT2D eigenvalue weighted by atomic mass is 32.1. The number of thiazole rings is 1. The number of benzene rings is 1. The van der Waals surface area contributed by atoms with E-state index in [1.807, 2.05) is 0 Å². The second-order valence-electron chi connectivity index (χ2n) is 3.02. The summed E-state index contributed by atoms with van der Waals surface area (Å²) in [6.07, 6.45) is 0.187. The van der Waals surface area contributed by atoms with Crippen LogP contribution in [-0.2, 0) is 11.2 Å². The Kier molecular flexibility index (Phi) is 1.88. The summed E-state index contributed by atoms with van der Waals surface area (Å²) in [5.74, 6) is -0.936. The number of aromatic nitrogens is 1. The maximum absolute atomic E-state index is 10.5. The van der Waals surface area contributed by atoms with Crippen LogP contribution in [0.25, 0.3) is 11.3 Å². The number of nitrogens with zero attached hydrogens (tertiary/aromatic N) is 1. The van der Waals surface area contributed by atoms with Crippen molar-refractivity contribution in [1.82, 2.24) is 4.98 Å². The first-order chi connectivity index (χ1) is 9.82. The molecule has 0 amide bonds. The first-order valence-corrected chi connectivity index (χ1v) is 5.44. The van der Waals surface area contributed by atoms with E-state index in [1.165, 1.54) is 11.3 Å². The van der Waals surface area contributed by atoms with Crippen LogP contribution in [0.3, 0.4) is 0 Å². The topological polar surface area (TPSA) is 50.2 Å². The minimum atomic E-state index is -0.936. The van der Waals surface area contributed by atoms with Crippen molar-refractivity contribution in [3.8, 4) is 11.3 Å². The van der Waals surface area contributed by atoms with Crippen molar-refractivity contribution in [2.75, 3.05) is 0 Å². The maximum atomic E-state index is 10.5. The van der Waals surface area contributed by atoms with E-state index in [4.69, 9.17) is 12.0 Å². The van der Waals surface area contributed by atoms with Crippen LogP contribution in [0, 0.1) is 0 Å². The molecular formula is C12H11NO2S. The fourth-order valence-corrected chi connectivity index (χ4v) is 1.92. The molecule has 16 heavy (non-hydrogen) atoms. The normalized spacial score (nSPS) is 14.6. The third kappa shape index (κ3) is 2.67. The summed E-state index contributed by atoms with van der Waals surface area (Å²) in [5.41, 5.74) is 0.316. The zero-order valence-electron chi connectivity index (χ0n) is 13.2. The third-order valence-corrected chi connectivity index (χ3v) is 2.77. The Bertz CT molecular complexity index is 687. The van der Waals surface area contributed by atoms with Crippen LogP contribution in [0.15, 0.2) is 35.6 Å². The summed E-state index contributed by atoms with van der Waals surface area (Å²) in [4.78, 5) is 14.7. The average molecular weight is 238 g/mol. The Balaban J connectivity index is 2.46. The van der Waals surface area contributed by atoms with E-state index in [2.05, 4.69) is 4.98 Å². The Hall–Kier alpha value is -1.68. The van der Waals surface area contributed by atoms with Crippen molar-refractivity contribution >= 4 is 17.3 Å². The van der Waals surface area contributed by atoms with Crippen LogP contribution >= 0.6 is 11.3 Å². The molecule has 4 heteroatoms. The second kappa shape index (κ2) is 4.90. The summed E-state index contributed by atoms with van der Waals surface area (Å²) in [6.45, 7) is 0. The number of aryl methyl sites for hydroxylation is 1. The van der Waals surface area contributed by atoms with Gasteiger partial charge >= 0.3 is 5.97 Å². The van der Waals surface area contributed by atoms with Gasteiger partial charge in [-0.15, -0.1) is 11.3 Å². The second-order valence-corrected chi connectivity index (χ2v) is 3.96. The number of hydrogen-bond acceptors (Lipinski definition) is 3. The fraction of sp³-hybridized carbons (Fsp3) is 0.167. The minimum absolute atomic E-state index is 0.0406. The molecule has 1 N–H and O–H groups in total. The predicted molar refractivity (Wildman–Crippen MR) is 63.5 cm³/mol. The molecule has 1 heterocycles. The molecule has 0 radical (unpaired) electrons. The number of aliphatic carboxylic acids is 1. The smallest absolute Gasteiger partial charge is 0.303 e. The number of rotatable bonds is 4. The largest absolute Gasteiger partial charge is 0.481 e. The van der Waals surface area contributed by atoms with Gasteiger partial charge in [0.05, 0.1) is 24.0 Å². The lowest BCUT2D eigenvalue weighted by Crippen LogP contribution is -1.96. The van der Waals surface area contributed by atoms with Crippen LogP contribution in [0.5, 0.6) is 0 Å². The van der Waals surface area contributed by atoms with Gasteiger partial charge in [-0.3, -0.25) is 4.79 Å². The number of carbonyl (C=O) groups is 1. The van der Waals surface area contributed by atoms with Crippen molar-refractivity contribution in [3.63, 3.8) is 0 Å². The van der Waals surface area contributed by atoms with Crippen LogP contribution in [0.1, 0.15) is 18.3 Å². The molecule has 0 bridgehead atoms. The molecule has 0 aliphatic rings. The van der Waals surface area contributed by atoms with Gasteiger partial charge in [0.1, 0.15) is 0 Å². The first kappa shape index (κ1) is 6.15. The van der Waals surface area contributed by atoms with E-state index in [0.717, 1.165) is 0 Å². The maximum Gasteiger partial charge on any atom is 0.303 e. The molecule has 0 atom stereocenters. The molecule has 1 aromatic heterocycles. The monoisotopic (exact) mass is 238 g/mol. The summed E-state index contributed by atoms with van der Waals surface area (Å²) < 4.78 is 38.5. The van der Waals surface area contributed by atoms with Crippen molar-refractivity contribution in [1.29, 1.82) is 0 Å². The summed E-state index contributed by atoms with van der Waals surface area (Å²) in [5, 5.41) is 10.8. The molecule has 0 spiro atoms. The van der Waals surface area contributed by atoms with Gasteiger partial charge in [0.25, 0.3) is 0 Å². The Morgan fingerprint density at radius 3 is 2.88 bits per heavy atom. The molecule has 0 saturated carbocycles. The lowest BCUT2D eigenvalue weighted by atomic mass is 10.2. The van der Waals surface area contributed by atoms with Crippen LogP contribution in [0.2, 0.25) is 0 Å². The van der Waals surface area contributed by atoms with Crippen molar-refractivity contribution in [2.24, 2.45) is 0 Å². The summed E-state index contributed by atoms with van der Waals surface area (Å²) in [7, 11) is 0. The molecule has 0 unspecified atom stereocenters. The van der Waals surface area contributed by atoms with Gasteiger partial charge < -0.3 is 5.11 Å². The third-order valence-electron chi connectivity index (χ3n) is 1.86. The molecule has 1 aromatic carbocycles. The molecule has 2 aromatic rings. The van der Waals surface area contributed by atoms with Gasteiger partial charge in [-0.1, -0.05) is 30.2 Å². The van der Waals surface area contributed by atoms with Crippen molar-refractivity contribution < 1.29 is 16.8 Å². The van der Waals surface area contributed by atoms with Gasteiger partial charge in [0.2, 0.25) is 0 Å². The summed E-state index contributed by atoms with van der Waals surface area (Å²) in [6, 6.07) is -1.89. The van der Waals surface area contributed by atoms with E-state index in [-0.39, 0.29) is 36.2 Å². The lowest BCUT2D eigenvalue weighted by molar-refractivity contribution is -0.136. The van der Waals surface area contributed by atoms with Crippen molar-refractivity contribution in [2.45, 2.75) is 12.8 Å². The molecule has 82 valence electrons. The molecule has 2 rings (SSSR count). The molecule has 0 saturated heterocycles.